The summed E-state index contributed by atoms with van der Waals surface area (Å²) >= 11 is 0. The molecule has 0 aliphatic rings. The summed E-state index contributed by atoms with van der Waals surface area (Å²) in [4.78, 5) is 17.8. The van der Waals surface area contributed by atoms with E-state index in [1.807, 2.05) is 42.6 Å². The van der Waals surface area contributed by atoms with Crippen LogP contribution in [0.15, 0.2) is 65.7 Å². The summed E-state index contributed by atoms with van der Waals surface area (Å²) < 4.78 is 14.7. The number of carbonyl (C=O) groups excluding carboxylic acids is 1. The summed E-state index contributed by atoms with van der Waals surface area (Å²) in [5.41, 5.74) is 3.34. The topological polar surface area (TPSA) is 98.3 Å². The zero-order valence-electron chi connectivity index (χ0n) is 17.5. The summed E-state index contributed by atoms with van der Waals surface area (Å²) in [5.74, 6) is 0.0237. The Balaban J connectivity index is 1.53. The van der Waals surface area contributed by atoms with Gasteiger partial charge in [0.15, 0.2) is 11.4 Å². The van der Waals surface area contributed by atoms with Gasteiger partial charge in [0.05, 0.1) is 34.5 Å². The second-order valence-electron chi connectivity index (χ2n) is 7.66. The molecule has 0 radical (unpaired) electrons. The Labute approximate surface area is 183 Å². The van der Waals surface area contributed by atoms with Crippen molar-refractivity contribution < 1.29 is 13.9 Å². The van der Waals surface area contributed by atoms with Crippen molar-refractivity contribution in [2.24, 2.45) is 0 Å². The van der Waals surface area contributed by atoms with E-state index in [-0.39, 0.29) is 12.6 Å². The van der Waals surface area contributed by atoms with Gasteiger partial charge < -0.3 is 13.6 Å². The lowest BCUT2D eigenvalue weighted by atomic mass is 10.1. The lowest BCUT2D eigenvalue weighted by Crippen LogP contribution is -2.08. The van der Waals surface area contributed by atoms with E-state index < -0.39 is 5.97 Å². The maximum Gasteiger partial charge on any atom is 0.339 e. The van der Waals surface area contributed by atoms with Crippen LogP contribution in [0.3, 0.4) is 0 Å². The van der Waals surface area contributed by atoms with Gasteiger partial charge in [-0.25, -0.2) is 14.5 Å². The minimum atomic E-state index is -0.521. The zero-order valence-corrected chi connectivity index (χ0v) is 17.5. The van der Waals surface area contributed by atoms with E-state index >= 15 is 0 Å². The highest BCUT2D eigenvalue weighted by molar-refractivity contribution is 6.03. The van der Waals surface area contributed by atoms with Crippen LogP contribution >= 0.6 is 0 Å². The molecule has 0 fully saturated rings. The fourth-order valence-electron chi connectivity index (χ4n) is 3.75. The predicted octanol–water partition coefficient (Wildman–Crippen LogP) is 4.75. The molecule has 0 N–H and O–H groups in total. The number of rotatable bonds is 5. The highest BCUT2D eigenvalue weighted by Crippen LogP contribution is 2.28. The lowest BCUT2D eigenvalue weighted by molar-refractivity contribution is 0.0475. The van der Waals surface area contributed by atoms with E-state index in [0.717, 1.165) is 5.52 Å². The summed E-state index contributed by atoms with van der Waals surface area (Å²) in [6, 6.07) is 13.1. The minimum Gasteiger partial charge on any atom is -0.463 e. The molecule has 0 spiro atoms. The van der Waals surface area contributed by atoms with E-state index in [2.05, 4.69) is 16.2 Å². The fourth-order valence-corrected chi connectivity index (χ4v) is 3.75. The summed E-state index contributed by atoms with van der Waals surface area (Å²) in [7, 11) is 0. The van der Waals surface area contributed by atoms with Crippen LogP contribution in [0.1, 0.15) is 41.4 Å². The smallest absolute Gasteiger partial charge is 0.339 e. The lowest BCUT2D eigenvalue weighted by Gasteiger charge is -2.10. The normalized spacial score (nSPS) is 11.3. The molecule has 5 rings (SSSR count). The number of carbonyl (C=O) groups is 1. The van der Waals surface area contributed by atoms with Crippen molar-refractivity contribution in [3.05, 3.63) is 77.9 Å². The molecular formula is C24H19N5O3. The van der Waals surface area contributed by atoms with Gasteiger partial charge in [0.2, 0.25) is 0 Å². The van der Waals surface area contributed by atoms with Gasteiger partial charge >= 0.3 is 5.97 Å². The summed E-state index contributed by atoms with van der Waals surface area (Å²) in [6.45, 7) is 3.96. The van der Waals surface area contributed by atoms with Gasteiger partial charge in [-0.1, -0.05) is 6.07 Å². The quantitative estimate of drug-likeness (QED) is 0.377. The molecule has 0 aromatic carbocycles. The molecule has 5 heterocycles. The van der Waals surface area contributed by atoms with Crippen molar-refractivity contribution in [2.45, 2.75) is 26.5 Å². The number of esters is 1. The van der Waals surface area contributed by atoms with Crippen LogP contribution in [-0.4, -0.2) is 25.1 Å². The SMILES string of the molecule is CC(C)n1ncc2c(C(=O)OCc3cn4ccccc4c3C#N)cc(-c3ccco3)nc21. The van der Waals surface area contributed by atoms with Gasteiger partial charge in [0.1, 0.15) is 18.4 Å². The predicted molar refractivity (Wildman–Crippen MR) is 117 cm³/mol. The number of nitrogens with zero attached hydrogens (tertiary/aromatic N) is 5. The highest BCUT2D eigenvalue weighted by atomic mass is 16.5. The molecule has 8 nitrogen and oxygen atoms in total. The third-order valence-electron chi connectivity index (χ3n) is 5.28. The second-order valence-corrected chi connectivity index (χ2v) is 7.66. The molecule has 0 bridgehead atoms. The van der Waals surface area contributed by atoms with E-state index in [0.29, 0.717) is 39.2 Å². The third kappa shape index (κ3) is 3.20. The Morgan fingerprint density at radius 3 is 2.91 bits per heavy atom. The highest BCUT2D eigenvalue weighted by Gasteiger charge is 2.21. The van der Waals surface area contributed by atoms with E-state index in [1.54, 1.807) is 41.5 Å². The number of furan rings is 1. The third-order valence-corrected chi connectivity index (χ3v) is 5.28. The molecule has 0 saturated carbocycles. The van der Waals surface area contributed by atoms with Gasteiger partial charge in [-0.05, 0) is 44.2 Å². The number of fused-ring (bicyclic) bond motifs is 2. The molecule has 0 aliphatic heterocycles. The molecule has 5 aromatic heterocycles. The van der Waals surface area contributed by atoms with Gasteiger partial charge in [0, 0.05) is 24.0 Å². The van der Waals surface area contributed by atoms with Crippen LogP contribution < -0.4 is 0 Å². The van der Waals surface area contributed by atoms with Crippen LogP contribution in [0, 0.1) is 11.3 Å². The summed E-state index contributed by atoms with van der Waals surface area (Å²) in [6.07, 6.45) is 6.83. The first-order valence-electron chi connectivity index (χ1n) is 10.1. The van der Waals surface area contributed by atoms with Crippen LogP contribution in [-0.2, 0) is 11.3 Å². The maximum atomic E-state index is 13.1. The van der Waals surface area contributed by atoms with Crippen molar-refractivity contribution in [1.29, 1.82) is 5.26 Å². The van der Waals surface area contributed by atoms with E-state index in [9.17, 15) is 10.1 Å². The first kappa shape index (κ1) is 19.6. The molecule has 0 amide bonds. The molecule has 5 aromatic rings. The van der Waals surface area contributed by atoms with Gasteiger partial charge in [-0.15, -0.1) is 0 Å². The second kappa shape index (κ2) is 7.71. The number of ether oxygens (including phenoxy) is 1. The Morgan fingerprint density at radius 1 is 1.28 bits per heavy atom. The molecule has 0 saturated heterocycles. The van der Waals surface area contributed by atoms with Crippen LogP contribution in [0.5, 0.6) is 0 Å². The average molecular weight is 425 g/mol. The largest absolute Gasteiger partial charge is 0.463 e. The molecule has 0 aliphatic carbocycles. The van der Waals surface area contributed by atoms with Crippen LogP contribution in [0.25, 0.3) is 28.0 Å². The standard InChI is InChI=1S/C24H19N5O3/c1-15(2)29-23-19(12-26-29)17(10-20(27-23)22-7-5-9-31-22)24(30)32-14-16-13-28-8-4-3-6-21(28)18(16)11-25/h3-10,12-13,15H,14H2,1-2H3. The molecule has 0 atom stereocenters. The van der Waals surface area contributed by atoms with Crippen molar-refractivity contribution in [1.82, 2.24) is 19.2 Å². The van der Waals surface area contributed by atoms with Crippen molar-refractivity contribution in [2.75, 3.05) is 0 Å². The molecule has 0 unspecified atom stereocenters. The minimum absolute atomic E-state index is 0.0262. The molecule has 8 heteroatoms. The van der Waals surface area contributed by atoms with Gasteiger partial charge in [-0.3, -0.25) is 0 Å². The average Bonchev–Trinajstić information content (AvgIpc) is 3.54. The first-order chi connectivity index (χ1) is 15.6. The fraction of sp³-hybridized carbons (Fsp3) is 0.167. The van der Waals surface area contributed by atoms with Crippen molar-refractivity contribution in [3.8, 4) is 17.5 Å². The number of hydrogen-bond acceptors (Lipinski definition) is 6. The van der Waals surface area contributed by atoms with Crippen molar-refractivity contribution >= 4 is 22.5 Å². The Bertz CT molecular complexity index is 1490. The van der Waals surface area contributed by atoms with Crippen LogP contribution in [0.2, 0.25) is 0 Å². The molecular weight excluding hydrogens is 406 g/mol. The Morgan fingerprint density at radius 2 is 2.16 bits per heavy atom. The van der Waals surface area contributed by atoms with Crippen LogP contribution in [0.4, 0.5) is 0 Å². The number of pyridine rings is 2. The maximum absolute atomic E-state index is 13.1. The van der Waals surface area contributed by atoms with Gasteiger partial charge in [0.25, 0.3) is 0 Å². The number of aromatic nitrogens is 4. The summed E-state index contributed by atoms with van der Waals surface area (Å²) in [5, 5.41) is 14.6. The Hall–Kier alpha value is -4.38. The monoisotopic (exact) mass is 425 g/mol. The zero-order chi connectivity index (χ0) is 22.2. The molecule has 158 valence electrons. The first-order valence-corrected chi connectivity index (χ1v) is 10.1. The number of nitriles is 1. The van der Waals surface area contributed by atoms with E-state index in [4.69, 9.17) is 9.15 Å². The Kier molecular flexibility index (Phi) is 4.71. The number of hydrogen-bond donors (Lipinski definition) is 0. The molecule has 32 heavy (non-hydrogen) atoms. The van der Waals surface area contributed by atoms with Gasteiger partial charge in [-0.2, -0.15) is 10.4 Å². The van der Waals surface area contributed by atoms with Crippen molar-refractivity contribution in [3.63, 3.8) is 0 Å². The van der Waals surface area contributed by atoms with E-state index in [1.165, 1.54) is 0 Å².